The van der Waals surface area contributed by atoms with E-state index in [0.29, 0.717) is 6.54 Å². The number of benzene rings is 2. The molecule has 0 aromatic heterocycles. The molecule has 22 heavy (non-hydrogen) atoms. The van der Waals surface area contributed by atoms with E-state index in [1.165, 1.54) is 5.39 Å². The molecule has 0 aliphatic carbocycles. The van der Waals surface area contributed by atoms with Gasteiger partial charge in [0.15, 0.2) is 0 Å². The lowest BCUT2D eigenvalue weighted by Gasteiger charge is -2.22. The normalized spacial score (nSPS) is 13.6. The average Bonchev–Trinajstić information content (AvgIpc) is 2.49. The molecule has 1 unspecified atom stereocenters. The van der Waals surface area contributed by atoms with Crippen LogP contribution in [0.25, 0.3) is 10.8 Å². The highest BCUT2D eigenvalue weighted by Crippen LogP contribution is 2.16. The lowest BCUT2D eigenvalue weighted by Crippen LogP contribution is -2.42. The predicted molar refractivity (Wildman–Crippen MR) is 91.3 cm³/mol. The number of nitrogens with zero attached hydrogens (tertiary/aromatic N) is 1. The molecular weight excluding hydrogens is 276 g/mol. The Morgan fingerprint density at radius 1 is 1.18 bits per heavy atom. The number of aliphatic hydroxyl groups excluding tert-OH is 1. The van der Waals surface area contributed by atoms with Crippen LogP contribution < -0.4 is 5.32 Å². The lowest BCUT2D eigenvalue weighted by molar-refractivity contribution is 0.0379. The largest absolute Gasteiger partial charge is 0.393 e. The van der Waals surface area contributed by atoms with Crippen LogP contribution in [0.1, 0.15) is 26.3 Å². The summed E-state index contributed by atoms with van der Waals surface area (Å²) in [5.41, 5.74) is 0.980. The van der Waals surface area contributed by atoms with Gasteiger partial charge in [-0.25, -0.2) is 0 Å². The van der Waals surface area contributed by atoms with Crippen molar-refractivity contribution in [2.75, 3.05) is 13.2 Å². The first-order chi connectivity index (χ1) is 10.5. The van der Waals surface area contributed by atoms with Crippen molar-refractivity contribution in [1.82, 2.24) is 5.32 Å². The van der Waals surface area contributed by atoms with Crippen molar-refractivity contribution in [2.24, 2.45) is 5.16 Å². The number of oxime groups is 1. The van der Waals surface area contributed by atoms with E-state index in [-0.39, 0.29) is 12.1 Å². The van der Waals surface area contributed by atoms with Crippen LogP contribution in [-0.4, -0.2) is 36.1 Å². The maximum atomic E-state index is 9.82. The van der Waals surface area contributed by atoms with Crippen LogP contribution in [0.2, 0.25) is 0 Å². The minimum atomic E-state index is -0.580. The third-order valence-electron chi connectivity index (χ3n) is 3.22. The van der Waals surface area contributed by atoms with Crippen molar-refractivity contribution in [3.05, 3.63) is 48.0 Å². The summed E-state index contributed by atoms with van der Waals surface area (Å²) in [4.78, 5) is 5.19. The molecule has 0 aliphatic heterocycles. The SMILES string of the molecule is CC(C)(C)NCC(O)CO/N=C\c1cccc2ccccc12. The average molecular weight is 300 g/mol. The van der Waals surface area contributed by atoms with Crippen LogP contribution in [-0.2, 0) is 4.84 Å². The molecule has 0 saturated heterocycles. The van der Waals surface area contributed by atoms with Crippen molar-refractivity contribution < 1.29 is 9.94 Å². The Balaban J connectivity index is 1.87. The van der Waals surface area contributed by atoms with E-state index in [1.807, 2.05) is 24.3 Å². The Morgan fingerprint density at radius 3 is 2.68 bits per heavy atom. The van der Waals surface area contributed by atoms with Gasteiger partial charge in [0.1, 0.15) is 12.7 Å². The summed E-state index contributed by atoms with van der Waals surface area (Å²) in [6.07, 6.45) is 1.11. The summed E-state index contributed by atoms with van der Waals surface area (Å²) in [6, 6.07) is 14.2. The topological polar surface area (TPSA) is 53.8 Å². The Labute approximate surface area is 131 Å². The van der Waals surface area contributed by atoms with Gasteiger partial charge in [0.25, 0.3) is 0 Å². The molecule has 0 fully saturated rings. The number of nitrogens with one attached hydrogen (secondary N) is 1. The van der Waals surface area contributed by atoms with Gasteiger partial charge in [0.2, 0.25) is 0 Å². The van der Waals surface area contributed by atoms with E-state index in [9.17, 15) is 5.11 Å². The molecule has 2 aromatic carbocycles. The Kier molecular flexibility index (Phi) is 5.52. The predicted octanol–water partition coefficient (Wildman–Crippen LogP) is 2.94. The highest BCUT2D eigenvalue weighted by atomic mass is 16.6. The summed E-state index contributed by atoms with van der Waals surface area (Å²) < 4.78 is 0. The minimum absolute atomic E-state index is 0.0206. The molecule has 4 nitrogen and oxygen atoms in total. The molecule has 0 radical (unpaired) electrons. The lowest BCUT2D eigenvalue weighted by atomic mass is 10.1. The maximum Gasteiger partial charge on any atom is 0.144 e. The molecule has 0 aliphatic rings. The van der Waals surface area contributed by atoms with Crippen molar-refractivity contribution in [1.29, 1.82) is 0 Å². The summed E-state index contributed by atoms with van der Waals surface area (Å²) in [7, 11) is 0. The molecule has 0 bridgehead atoms. The maximum absolute atomic E-state index is 9.82. The molecule has 0 heterocycles. The van der Waals surface area contributed by atoms with Crippen molar-refractivity contribution in [2.45, 2.75) is 32.4 Å². The van der Waals surface area contributed by atoms with Gasteiger partial charge < -0.3 is 15.3 Å². The van der Waals surface area contributed by atoms with Gasteiger partial charge in [-0.05, 0) is 31.5 Å². The van der Waals surface area contributed by atoms with Gasteiger partial charge in [-0.1, -0.05) is 47.6 Å². The second-order valence-electron chi connectivity index (χ2n) is 6.38. The van der Waals surface area contributed by atoms with Gasteiger partial charge >= 0.3 is 0 Å². The molecule has 2 N–H and O–H groups in total. The van der Waals surface area contributed by atoms with E-state index in [0.717, 1.165) is 10.9 Å². The summed E-state index contributed by atoms with van der Waals surface area (Å²) >= 11 is 0. The zero-order chi connectivity index (χ0) is 16.0. The third kappa shape index (κ3) is 5.13. The van der Waals surface area contributed by atoms with E-state index in [2.05, 4.69) is 49.4 Å². The van der Waals surface area contributed by atoms with Crippen molar-refractivity contribution in [3.8, 4) is 0 Å². The van der Waals surface area contributed by atoms with Crippen LogP contribution >= 0.6 is 0 Å². The van der Waals surface area contributed by atoms with Crippen LogP contribution in [0.3, 0.4) is 0 Å². The van der Waals surface area contributed by atoms with Crippen molar-refractivity contribution >= 4 is 17.0 Å². The van der Waals surface area contributed by atoms with Crippen LogP contribution in [0, 0.1) is 0 Å². The molecule has 4 heteroatoms. The Hall–Kier alpha value is -1.91. The molecule has 1 atom stereocenters. The smallest absolute Gasteiger partial charge is 0.144 e. The first-order valence-electron chi connectivity index (χ1n) is 7.52. The number of aliphatic hydroxyl groups is 1. The fraction of sp³-hybridized carbons (Fsp3) is 0.389. The zero-order valence-corrected chi connectivity index (χ0v) is 13.4. The number of hydrogen-bond acceptors (Lipinski definition) is 4. The van der Waals surface area contributed by atoms with Crippen LogP contribution in [0.4, 0.5) is 0 Å². The number of fused-ring (bicyclic) bond motifs is 1. The summed E-state index contributed by atoms with van der Waals surface area (Å²) in [5, 5.41) is 19.3. The highest BCUT2D eigenvalue weighted by molar-refractivity contribution is 5.99. The number of rotatable bonds is 6. The quantitative estimate of drug-likeness (QED) is 0.637. The van der Waals surface area contributed by atoms with E-state index in [1.54, 1.807) is 6.21 Å². The fourth-order valence-corrected chi connectivity index (χ4v) is 2.07. The van der Waals surface area contributed by atoms with Gasteiger partial charge in [0.05, 0.1) is 6.21 Å². The molecule has 0 amide bonds. The van der Waals surface area contributed by atoms with Crippen LogP contribution in [0.5, 0.6) is 0 Å². The standard InChI is InChI=1S/C18H24N2O2/c1-18(2,3)19-12-16(21)13-22-20-11-15-9-6-8-14-7-4-5-10-17(14)15/h4-11,16,19,21H,12-13H2,1-3H3/b20-11-. The number of hydrogen-bond donors (Lipinski definition) is 2. The zero-order valence-electron chi connectivity index (χ0n) is 13.4. The minimum Gasteiger partial charge on any atom is -0.393 e. The molecule has 118 valence electrons. The first kappa shape index (κ1) is 16.5. The van der Waals surface area contributed by atoms with Crippen LogP contribution in [0.15, 0.2) is 47.6 Å². The number of β-amino-alcohol motifs (C(OH)–C–C–N with tert-alkyl or cyclic N) is 1. The fourth-order valence-electron chi connectivity index (χ4n) is 2.07. The van der Waals surface area contributed by atoms with Gasteiger partial charge in [-0.2, -0.15) is 0 Å². The second-order valence-corrected chi connectivity index (χ2v) is 6.38. The van der Waals surface area contributed by atoms with E-state index >= 15 is 0 Å². The van der Waals surface area contributed by atoms with E-state index in [4.69, 9.17) is 4.84 Å². The monoisotopic (exact) mass is 300 g/mol. The molecule has 0 saturated carbocycles. The second kappa shape index (κ2) is 7.38. The van der Waals surface area contributed by atoms with Gasteiger partial charge in [0, 0.05) is 17.6 Å². The van der Waals surface area contributed by atoms with E-state index < -0.39 is 6.10 Å². The molecule has 0 spiro atoms. The molecule has 2 rings (SSSR count). The summed E-state index contributed by atoms with van der Waals surface area (Å²) in [6.45, 7) is 6.81. The van der Waals surface area contributed by atoms with Gasteiger partial charge in [-0.3, -0.25) is 0 Å². The molecular formula is C18H24N2O2. The molecule has 2 aromatic rings. The summed E-state index contributed by atoms with van der Waals surface area (Å²) in [5.74, 6) is 0. The van der Waals surface area contributed by atoms with Crippen molar-refractivity contribution in [3.63, 3.8) is 0 Å². The Morgan fingerprint density at radius 2 is 1.91 bits per heavy atom. The Bertz CT molecular complexity index is 627. The third-order valence-corrected chi connectivity index (χ3v) is 3.22. The van der Waals surface area contributed by atoms with Gasteiger partial charge in [-0.15, -0.1) is 0 Å². The first-order valence-corrected chi connectivity index (χ1v) is 7.52. The highest BCUT2D eigenvalue weighted by Gasteiger charge is 2.12.